The highest BCUT2D eigenvalue weighted by Crippen LogP contribution is 2.26. The Kier molecular flexibility index (Phi) is 5.71. The number of halogens is 1. The number of aromatic carboxylic acids is 1. The maximum absolute atomic E-state index is 12.6. The number of aromatic nitrogens is 2. The lowest BCUT2D eigenvalue weighted by molar-refractivity contribution is -0.115. The molecule has 0 aliphatic rings. The third-order valence-corrected chi connectivity index (χ3v) is 5.54. The van der Waals surface area contributed by atoms with E-state index in [0.29, 0.717) is 16.1 Å². The molecule has 3 rings (SSSR count). The third-order valence-electron chi connectivity index (χ3n) is 4.06. The number of nitrogens with zero attached hydrogens (tertiary/aromatic N) is 2. The molecule has 0 aliphatic heterocycles. The first-order chi connectivity index (χ1) is 13.3. The monoisotopic (exact) mass is 417 g/mol. The van der Waals surface area contributed by atoms with Crippen LogP contribution in [0.5, 0.6) is 0 Å². The van der Waals surface area contributed by atoms with E-state index in [9.17, 15) is 14.4 Å². The molecule has 2 N–H and O–H groups in total. The highest BCUT2D eigenvalue weighted by Gasteiger charge is 2.20. The molecule has 9 heteroatoms. The molecule has 0 spiro atoms. The molecular weight excluding hydrogens is 402 g/mol. The summed E-state index contributed by atoms with van der Waals surface area (Å²) in [6.07, 6.45) is 0. The van der Waals surface area contributed by atoms with Crippen LogP contribution in [-0.4, -0.2) is 31.8 Å². The minimum absolute atomic E-state index is 0.0126. The van der Waals surface area contributed by atoms with E-state index in [2.05, 4.69) is 10.3 Å². The fourth-order valence-electron chi connectivity index (χ4n) is 2.50. The van der Waals surface area contributed by atoms with Crippen molar-refractivity contribution in [3.63, 3.8) is 0 Å². The molecule has 3 aromatic rings. The number of nitrogens with one attached hydrogen (secondary N) is 1. The predicted octanol–water partition coefficient (Wildman–Crippen LogP) is 3.40. The van der Waals surface area contributed by atoms with Crippen LogP contribution in [0.25, 0.3) is 10.9 Å². The number of thioether (sulfide) groups is 1. The van der Waals surface area contributed by atoms with Crippen molar-refractivity contribution in [3.8, 4) is 0 Å². The number of anilines is 1. The molecule has 1 amide bonds. The van der Waals surface area contributed by atoms with Gasteiger partial charge in [0.05, 0.1) is 32.4 Å². The molecular formula is C19H16ClN3O4S. The maximum Gasteiger partial charge on any atom is 0.335 e. The van der Waals surface area contributed by atoms with Gasteiger partial charge < -0.3 is 10.4 Å². The van der Waals surface area contributed by atoms with Gasteiger partial charge in [-0.25, -0.2) is 9.78 Å². The Morgan fingerprint density at radius 1 is 1.25 bits per heavy atom. The number of carbonyl (C=O) groups is 2. The molecule has 0 fully saturated rings. The first kappa shape index (κ1) is 19.9. The Balaban J connectivity index is 1.83. The molecule has 1 atom stereocenters. The fraction of sp³-hybridized carbons (Fsp3) is 0.158. The number of amides is 1. The van der Waals surface area contributed by atoms with Gasteiger partial charge in [0.1, 0.15) is 0 Å². The van der Waals surface area contributed by atoms with Gasteiger partial charge in [-0.15, -0.1) is 0 Å². The van der Waals surface area contributed by atoms with Crippen LogP contribution in [0.1, 0.15) is 17.3 Å². The smallest absolute Gasteiger partial charge is 0.335 e. The molecule has 28 heavy (non-hydrogen) atoms. The molecule has 1 unspecified atom stereocenters. The summed E-state index contributed by atoms with van der Waals surface area (Å²) < 4.78 is 1.40. The van der Waals surface area contributed by atoms with Crippen LogP contribution in [0.2, 0.25) is 5.02 Å². The Labute approximate surface area is 169 Å². The highest BCUT2D eigenvalue weighted by atomic mass is 35.5. The zero-order valence-electron chi connectivity index (χ0n) is 15.0. The van der Waals surface area contributed by atoms with E-state index in [1.807, 2.05) is 0 Å². The van der Waals surface area contributed by atoms with Gasteiger partial charge in [-0.05, 0) is 37.3 Å². The van der Waals surface area contributed by atoms with Crippen molar-refractivity contribution in [2.24, 2.45) is 7.05 Å². The summed E-state index contributed by atoms with van der Waals surface area (Å²) >= 11 is 7.17. The number of para-hydroxylation sites is 1. The van der Waals surface area contributed by atoms with Gasteiger partial charge in [0.25, 0.3) is 5.56 Å². The minimum atomic E-state index is -1.12. The SMILES string of the molecule is CC(Sc1nc2ccccc2c(=O)n1C)C(=O)Nc1cc(C(=O)O)ccc1Cl. The van der Waals surface area contributed by atoms with Crippen molar-refractivity contribution in [1.82, 2.24) is 9.55 Å². The molecule has 144 valence electrons. The quantitative estimate of drug-likeness (QED) is 0.487. The lowest BCUT2D eigenvalue weighted by atomic mass is 10.2. The van der Waals surface area contributed by atoms with Crippen LogP contribution in [0.15, 0.2) is 52.4 Å². The average molecular weight is 418 g/mol. The van der Waals surface area contributed by atoms with Crippen molar-refractivity contribution in [2.45, 2.75) is 17.3 Å². The van der Waals surface area contributed by atoms with Crippen LogP contribution in [0, 0.1) is 0 Å². The van der Waals surface area contributed by atoms with Gasteiger partial charge in [-0.3, -0.25) is 14.2 Å². The normalized spacial score (nSPS) is 12.0. The van der Waals surface area contributed by atoms with Gasteiger partial charge >= 0.3 is 5.97 Å². The summed E-state index contributed by atoms with van der Waals surface area (Å²) in [6, 6.07) is 11.1. The van der Waals surface area contributed by atoms with Crippen LogP contribution in [0.4, 0.5) is 5.69 Å². The van der Waals surface area contributed by atoms with Crippen LogP contribution in [0.3, 0.4) is 0 Å². The second kappa shape index (κ2) is 8.04. The summed E-state index contributed by atoms with van der Waals surface area (Å²) in [5, 5.41) is 12.2. The predicted molar refractivity (Wildman–Crippen MR) is 109 cm³/mol. The largest absolute Gasteiger partial charge is 0.478 e. The van der Waals surface area contributed by atoms with Gasteiger partial charge in [0, 0.05) is 7.05 Å². The van der Waals surface area contributed by atoms with Gasteiger partial charge in [-0.1, -0.05) is 35.5 Å². The summed E-state index contributed by atoms with van der Waals surface area (Å²) in [4.78, 5) is 40.6. The van der Waals surface area contributed by atoms with E-state index in [4.69, 9.17) is 16.7 Å². The second-order valence-electron chi connectivity index (χ2n) is 6.02. The van der Waals surface area contributed by atoms with Gasteiger partial charge in [0.2, 0.25) is 5.91 Å². The molecule has 7 nitrogen and oxygen atoms in total. The molecule has 2 aromatic carbocycles. The Morgan fingerprint density at radius 2 is 1.96 bits per heavy atom. The van der Waals surface area contributed by atoms with Crippen molar-refractivity contribution in [2.75, 3.05) is 5.32 Å². The van der Waals surface area contributed by atoms with Crippen LogP contribution >= 0.6 is 23.4 Å². The molecule has 0 bridgehead atoms. The molecule has 1 heterocycles. The lowest BCUT2D eigenvalue weighted by Gasteiger charge is -2.15. The Morgan fingerprint density at radius 3 is 2.68 bits per heavy atom. The standard InChI is InChI=1S/C19H16ClN3O4S/c1-10(16(24)21-15-9-11(18(26)27)7-8-13(15)20)28-19-22-14-6-4-3-5-12(14)17(25)23(19)2/h3-10H,1-2H3,(H,21,24)(H,26,27). The number of hydrogen-bond acceptors (Lipinski definition) is 5. The third kappa shape index (κ3) is 4.02. The van der Waals surface area contributed by atoms with E-state index >= 15 is 0 Å². The van der Waals surface area contributed by atoms with E-state index in [-0.39, 0.29) is 21.8 Å². The van der Waals surface area contributed by atoms with Crippen molar-refractivity contribution in [1.29, 1.82) is 0 Å². The second-order valence-corrected chi connectivity index (χ2v) is 7.74. The number of carboxylic acids is 1. The van der Waals surface area contributed by atoms with Crippen LogP contribution < -0.4 is 10.9 Å². The Bertz CT molecular complexity index is 1150. The zero-order valence-corrected chi connectivity index (χ0v) is 16.5. The van der Waals surface area contributed by atoms with E-state index in [1.165, 1.54) is 22.8 Å². The molecule has 1 aromatic heterocycles. The first-order valence-electron chi connectivity index (χ1n) is 8.24. The summed E-state index contributed by atoms with van der Waals surface area (Å²) in [5.41, 5.74) is 0.578. The topological polar surface area (TPSA) is 101 Å². The number of rotatable bonds is 5. The van der Waals surface area contributed by atoms with E-state index in [0.717, 1.165) is 11.8 Å². The van der Waals surface area contributed by atoms with E-state index < -0.39 is 17.1 Å². The van der Waals surface area contributed by atoms with Crippen LogP contribution in [-0.2, 0) is 11.8 Å². The lowest BCUT2D eigenvalue weighted by Crippen LogP contribution is -2.25. The Hall–Kier alpha value is -2.84. The summed E-state index contributed by atoms with van der Waals surface area (Å²) in [7, 11) is 1.60. The van der Waals surface area contributed by atoms with Crippen molar-refractivity contribution >= 4 is 51.8 Å². The molecule has 0 saturated heterocycles. The van der Waals surface area contributed by atoms with Crippen molar-refractivity contribution in [3.05, 3.63) is 63.4 Å². The number of carbonyl (C=O) groups excluding carboxylic acids is 1. The molecule has 0 aliphatic carbocycles. The maximum atomic E-state index is 12.6. The fourth-order valence-corrected chi connectivity index (χ4v) is 3.54. The number of hydrogen-bond donors (Lipinski definition) is 2. The number of fused-ring (bicyclic) bond motifs is 1. The summed E-state index contributed by atoms with van der Waals surface area (Å²) in [6.45, 7) is 1.66. The minimum Gasteiger partial charge on any atom is -0.478 e. The van der Waals surface area contributed by atoms with Gasteiger partial charge in [-0.2, -0.15) is 0 Å². The zero-order chi connectivity index (χ0) is 20.4. The first-order valence-corrected chi connectivity index (χ1v) is 9.50. The molecule has 0 radical (unpaired) electrons. The van der Waals surface area contributed by atoms with Crippen molar-refractivity contribution < 1.29 is 14.7 Å². The summed E-state index contributed by atoms with van der Waals surface area (Å²) in [5.74, 6) is -1.51. The molecule has 0 saturated carbocycles. The average Bonchev–Trinajstić information content (AvgIpc) is 2.67. The number of carboxylic acid groups (broad SMARTS) is 1. The highest BCUT2D eigenvalue weighted by molar-refractivity contribution is 8.00. The van der Waals surface area contributed by atoms with Gasteiger partial charge in [0.15, 0.2) is 5.16 Å². The number of benzene rings is 2. The van der Waals surface area contributed by atoms with E-state index in [1.54, 1.807) is 38.2 Å².